The molecule has 0 aliphatic carbocycles. The van der Waals surface area contributed by atoms with Crippen molar-refractivity contribution in [2.24, 2.45) is 5.92 Å². The summed E-state index contributed by atoms with van der Waals surface area (Å²) in [5.41, 5.74) is 0.554. The first kappa shape index (κ1) is 14.7. The third-order valence-corrected chi connectivity index (χ3v) is 4.04. The molecule has 0 aromatic carbocycles. The molecule has 0 spiro atoms. The first-order valence-corrected chi connectivity index (χ1v) is 7.30. The lowest BCUT2D eigenvalue weighted by molar-refractivity contribution is -0.141. The standard InChI is InChI=1S/C13H17N3O3S/c1-3-16(6-8(2)13(18)19)7-10-14-9-4-5-20-11(9)12(17)15-10/h4-5,8H,3,6-7H2,1-2H3,(H,18,19)(H,14,15,17). The maximum absolute atomic E-state index is 11.9. The van der Waals surface area contributed by atoms with Crippen LogP contribution in [0, 0.1) is 5.92 Å². The molecule has 20 heavy (non-hydrogen) atoms. The third-order valence-electron chi connectivity index (χ3n) is 3.14. The molecule has 0 radical (unpaired) electrons. The zero-order chi connectivity index (χ0) is 14.7. The molecule has 2 aromatic heterocycles. The second kappa shape index (κ2) is 6.15. The van der Waals surface area contributed by atoms with Crippen molar-refractivity contribution in [2.45, 2.75) is 20.4 Å². The van der Waals surface area contributed by atoms with E-state index in [9.17, 15) is 9.59 Å². The Bertz CT molecular complexity index is 664. The highest BCUT2D eigenvalue weighted by atomic mass is 32.1. The number of hydrogen-bond donors (Lipinski definition) is 2. The van der Waals surface area contributed by atoms with Gasteiger partial charge in [0.05, 0.1) is 18.0 Å². The van der Waals surface area contributed by atoms with Crippen LogP contribution in [-0.2, 0) is 11.3 Å². The zero-order valence-electron chi connectivity index (χ0n) is 11.4. The molecule has 0 aliphatic rings. The van der Waals surface area contributed by atoms with Crippen LogP contribution in [0.2, 0.25) is 0 Å². The van der Waals surface area contributed by atoms with Gasteiger partial charge in [-0.25, -0.2) is 4.98 Å². The van der Waals surface area contributed by atoms with Gasteiger partial charge in [0.2, 0.25) is 0 Å². The van der Waals surface area contributed by atoms with Gasteiger partial charge in [0, 0.05) is 6.54 Å². The number of aliphatic carboxylic acids is 1. The van der Waals surface area contributed by atoms with Gasteiger partial charge in [0.15, 0.2) is 0 Å². The Labute approximate surface area is 120 Å². The predicted octanol–water partition coefficient (Wildman–Crippen LogP) is 1.53. The number of aromatic nitrogens is 2. The van der Waals surface area contributed by atoms with Crippen molar-refractivity contribution in [2.75, 3.05) is 13.1 Å². The van der Waals surface area contributed by atoms with Crippen LogP contribution in [0.15, 0.2) is 16.2 Å². The van der Waals surface area contributed by atoms with Gasteiger partial charge in [0.25, 0.3) is 5.56 Å². The van der Waals surface area contributed by atoms with Crippen molar-refractivity contribution in [3.8, 4) is 0 Å². The van der Waals surface area contributed by atoms with E-state index in [1.54, 1.807) is 6.92 Å². The summed E-state index contributed by atoms with van der Waals surface area (Å²) in [5, 5.41) is 10.8. The highest BCUT2D eigenvalue weighted by Crippen LogP contribution is 2.14. The maximum Gasteiger partial charge on any atom is 0.307 e. The van der Waals surface area contributed by atoms with E-state index in [0.717, 1.165) is 0 Å². The lowest BCUT2D eigenvalue weighted by Crippen LogP contribution is -2.32. The van der Waals surface area contributed by atoms with Crippen LogP contribution in [0.25, 0.3) is 10.2 Å². The monoisotopic (exact) mass is 295 g/mol. The topological polar surface area (TPSA) is 86.3 Å². The van der Waals surface area contributed by atoms with Crippen molar-refractivity contribution in [1.29, 1.82) is 0 Å². The van der Waals surface area contributed by atoms with E-state index in [1.165, 1.54) is 11.3 Å². The van der Waals surface area contributed by atoms with Crippen molar-refractivity contribution in [1.82, 2.24) is 14.9 Å². The van der Waals surface area contributed by atoms with Gasteiger partial charge >= 0.3 is 5.97 Å². The largest absolute Gasteiger partial charge is 0.481 e. The van der Waals surface area contributed by atoms with Crippen LogP contribution >= 0.6 is 11.3 Å². The number of thiophene rings is 1. The highest BCUT2D eigenvalue weighted by Gasteiger charge is 2.16. The summed E-state index contributed by atoms with van der Waals surface area (Å²) in [6.45, 7) is 5.19. The average Bonchev–Trinajstić information content (AvgIpc) is 2.86. The highest BCUT2D eigenvalue weighted by molar-refractivity contribution is 7.17. The smallest absolute Gasteiger partial charge is 0.307 e. The predicted molar refractivity (Wildman–Crippen MR) is 78.0 cm³/mol. The normalized spacial score (nSPS) is 12.9. The molecular weight excluding hydrogens is 278 g/mol. The molecule has 6 nitrogen and oxygen atoms in total. The van der Waals surface area contributed by atoms with E-state index < -0.39 is 11.9 Å². The number of rotatable bonds is 6. The van der Waals surface area contributed by atoms with E-state index in [1.807, 2.05) is 23.3 Å². The molecule has 0 fully saturated rings. The fourth-order valence-corrected chi connectivity index (χ4v) is 2.70. The molecule has 1 unspecified atom stereocenters. The molecule has 2 N–H and O–H groups in total. The molecule has 108 valence electrons. The van der Waals surface area contributed by atoms with Crippen LogP contribution < -0.4 is 5.56 Å². The minimum Gasteiger partial charge on any atom is -0.481 e. The third kappa shape index (κ3) is 3.23. The fraction of sp³-hybridized carbons (Fsp3) is 0.462. The molecule has 7 heteroatoms. The van der Waals surface area contributed by atoms with E-state index in [2.05, 4.69) is 9.97 Å². The zero-order valence-corrected chi connectivity index (χ0v) is 12.2. The van der Waals surface area contributed by atoms with Crippen LogP contribution in [0.3, 0.4) is 0 Å². The summed E-state index contributed by atoms with van der Waals surface area (Å²) >= 11 is 1.36. The maximum atomic E-state index is 11.9. The summed E-state index contributed by atoms with van der Waals surface area (Å²) < 4.78 is 0.621. The Hall–Kier alpha value is -1.73. The van der Waals surface area contributed by atoms with Crippen LogP contribution in [0.5, 0.6) is 0 Å². The van der Waals surface area contributed by atoms with Gasteiger partial charge in [-0.05, 0) is 18.0 Å². The van der Waals surface area contributed by atoms with Crippen molar-refractivity contribution in [3.63, 3.8) is 0 Å². The van der Waals surface area contributed by atoms with Crippen LogP contribution in [0.4, 0.5) is 0 Å². The quantitative estimate of drug-likeness (QED) is 0.844. The van der Waals surface area contributed by atoms with Crippen molar-refractivity contribution in [3.05, 3.63) is 27.6 Å². The molecular formula is C13H17N3O3S. The summed E-state index contributed by atoms with van der Waals surface area (Å²) in [6.07, 6.45) is 0. The van der Waals surface area contributed by atoms with Gasteiger partial charge in [-0.15, -0.1) is 11.3 Å². The molecule has 0 saturated carbocycles. The molecule has 0 amide bonds. The van der Waals surface area contributed by atoms with Crippen molar-refractivity contribution >= 4 is 27.5 Å². The Morgan fingerprint density at radius 2 is 2.35 bits per heavy atom. The molecule has 2 rings (SSSR count). The number of hydrogen-bond acceptors (Lipinski definition) is 5. The molecule has 2 heterocycles. The van der Waals surface area contributed by atoms with Gasteiger partial charge in [0.1, 0.15) is 10.5 Å². The first-order valence-electron chi connectivity index (χ1n) is 6.42. The molecule has 1 atom stereocenters. The summed E-state index contributed by atoms with van der Waals surface area (Å²) in [4.78, 5) is 31.9. The molecule has 0 aliphatic heterocycles. The molecule has 2 aromatic rings. The summed E-state index contributed by atoms with van der Waals surface area (Å²) in [5.74, 6) is -0.704. The Morgan fingerprint density at radius 1 is 1.60 bits per heavy atom. The summed E-state index contributed by atoms with van der Waals surface area (Å²) in [7, 11) is 0. The second-order valence-electron chi connectivity index (χ2n) is 4.71. The SMILES string of the molecule is CCN(Cc1nc2ccsc2c(=O)[nH]1)CC(C)C(=O)O. The molecule has 0 bridgehead atoms. The Kier molecular flexibility index (Phi) is 4.51. The lowest BCUT2D eigenvalue weighted by atomic mass is 10.1. The minimum absolute atomic E-state index is 0.137. The van der Waals surface area contributed by atoms with Crippen LogP contribution in [-0.4, -0.2) is 39.0 Å². The summed E-state index contributed by atoms with van der Waals surface area (Å²) in [6, 6.07) is 1.81. The number of carboxylic acid groups (broad SMARTS) is 1. The minimum atomic E-state index is -0.821. The fourth-order valence-electron chi connectivity index (χ4n) is 1.98. The van der Waals surface area contributed by atoms with E-state index in [-0.39, 0.29) is 5.56 Å². The van der Waals surface area contributed by atoms with Gasteiger partial charge < -0.3 is 10.1 Å². The van der Waals surface area contributed by atoms with Gasteiger partial charge in [-0.1, -0.05) is 13.8 Å². The number of carbonyl (C=O) groups is 1. The number of nitrogens with zero attached hydrogens (tertiary/aromatic N) is 2. The van der Waals surface area contributed by atoms with Gasteiger partial charge in [-0.3, -0.25) is 14.5 Å². The van der Waals surface area contributed by atoms with Gasteiger partial charge in [-0.2, -0.15) is 0 Å². The lowest BCUT2D eigenvalue weighted by Gasteiger charge is -2.21. The average molecular weight is 295 g/mol. The number of carboxylic acids is 1. The van der Waals surface area contributed by atoms with Crippen molar-refractivity contribution < 1.29 is 9.90 Å². The Balaban J connectivity index is 2.17. The number of nitrogens with one attached hydrogen (secondary N) is 1. The van der Waals surface area contributed by atoms with E-state index in [0.29, 0.717) is 35.7 Å². The van der Waals surface area contributed by atoms with Crippen LogP contribution in [0.1, 0.15) is 19.7 Å². The molecule has 0 saturated heterocycles. The number of aromatic amines is 1. The van der Waals surface area contributed by atoms with E-state index >= 15 is 0 Å². The van der Waals surface area contributed by atoms with E-state index in [4.69, 9.17) is 5.11 Å². The number of H-pyrrole nitrogens is 1. The number of fused-ring (bicyclic) bond motifs is 1. The second-order valence-corrected chi connectivity index (χ2v) is 5.63. The Morgan fingerprint density at radius 3 is 3.00 bits per heavy atom. The first-order chi connectivity index (χ1) is 9.51.